The zero-order valence-corrected chi connectivity index (χ0v) is 10.8. The molecule has 6 N–H and O–H groups in total. The van der Waals surface area contributed by atoms with Gasteiger partial charge in [-0.1, -0.05) is 0 Å². The van der Waals surface area contributed by atoms with Gasteiger partial charge >= 0.3 is 0 Å². The summed E-state index contributed by atoms with van der Waals surface area (Å²) < 4.78 is 13.5. The van der Waals surface area contributed by atoms with Gasteiger partial charge in [0.1, 0.15) is 5.82 Å². The van der Waals surface area contributed by atoms with E-state index in [1.54, 1.807) is 0 Å². The van der Waals surface area contributed by atoms with Gasteiger partial charge in [-0.2, -0.15) is 0 Å². The molecule has 0 fully saturated rings. The quantitative estimate of drug-likeness (QED) is 0.602. The first-order chi connectivity index (χ1) is 9.29. The van der Waals surface area contributed by atoms with Crippen molar-refractivity contribution in [1.82, 2.24) is 0 Å². The lowest BCUT2D eigenvalue weighted by Crippen LogP contribution is -2.39. The standard InChI is InChI=1S/C12H15FN4O3/c1-6(18)16-7-2-3-8(13)10(4-7)17-12(20)9(14)5-11(15)19/h2-4,9H,5,14H2,1H3,(H2,15,19)(H,16,18)(H,17,20). The fourth-order valence-corrected chi connectivity index (χ4v) is 1.44. The lowest BCUT2D eigenvalue weighted by Gasteiger charge is -2.12. The van der Waals surface area contributed by atoms with Gasteiger partial charge in [-0.05, 0) is 18.2 Å². The molecule has 0 aliphatic rings. The molecule has 1 rings (SSSR count). The van der Waals surface area contributed by atoms with Gasteiger partial charge in [-0.3, -0.25) is 14.4 Å². The number of nitrogens with two attached hydrogens (primary N) is 2. The van der Waals surface area contributed by atoms with Crippen LogP contribution in [-0.4, -0.2) is 23.8 Å². The highest BCUT2D eigenvalue weighted by Crippen LogP contribution is 2.19. The number of nitrogens with one attached hydrogen (secondary N) is 2. The van der Waals surface area contributed by atoms with Crippen LogP contribution in [0.4, 0.5) is 15.8 Å². The first-order valence-corrected chi connectivity index (χ1v) is 5.71. The van der Waals surface area contributed by atoms with Crippen LogP contribution in [0.25, 0.3) is 0 Å². The van der Waals surface area contributed by atoms with Crippen molar-refractivity contribution in [3.8, 4) is 0 Å². The van der Waals surface area contributed by atoms with Crippen molar-refractivity contribution in [3.05, 3.63) is 24.0 Å². The Morgan fingerprint density at radius 2 is 1.95 bits per heavy atom. The van der Waals surface area contributed by atoms with E-state index in [0.29, 0.717) is 5.69 Å². The van der Waals surface area contributed by atoms with E-state index in [9.17, 15) is 18.8 Å². The van der Waals surface area contributed by atoms with Crippen LogP contribution in [0.1, 0.15) is 13.3 Å². The van der Waals surface area contributed by atoms with E-state index in [4.69, 9.17) is 11.5 Å². The average Bonchev–Trinajstić information content (AvgIpc) is 2.31. The molecule has 3 amide bonds. The molecular weight excluding hydrogens is 267 g/mol. The molecule has 1 unspecified atom stereocenters. The number of benzene rings is 1. The monoisotopic (exact) mass is 282 g/mol. The first-order valence-electron chi connectivity index (χ1n) is 5.71. The topological polar surface area (TPSA) is 127 Å². The number of carbonyl (C=O) groups excluding carboxylic acids is 3. The zero-order valence-electron chi connectivity index (χ0n) is 10.8. The predicted octanol–water partition coefficient (Wildman–Crippen LogP) is -0.0747. The van der Waals surface area contributed by atoms with Crippen LogP contribution >= 0.6 is 0 Å². The molecule has 7 nitrogen and oxygen atoms in total. The maximum Gasteiger partial charge on any atom is 0.241 e. The van der Waals surface area contributed by atoms with E-state index in [2.05, 4.69) is 10.6 Å². The molecule has 0 bridgehead atoms. The van der Waals surface area contributed by atoms with Crippen molar-refractivity contribution < 1.29 is 18.8 Å². The van der Waals surface area contributed by atoms with E-state index in [1.165, 1.54) is 19.1 Å². The van der Waals surface area contributed by atoms with Crippen LogP contribution in [0.2, 0.25) is 0 Å². The average molecular weight is 282 g/mol. The molecule has 1 aromatic rings. The summed E-state index contributed by atoms with van der Waals surface area (Å²) in [5.74, 6) is -2.51. The molecule has 0 radical (unpaired) electrons. The zero-order chi connectivity index (χ0) is 15.3. The molecule has 1 aromatic carbocycles. The summed E-state index contributed by atoms with van der Waals surface area (Å²) in [7, 11) is 0. The molecule has 0 spiro atoms. The van der Waals surface area contributed by atoms with Gasteiger partial charge in [0.25, 0.3) is 0 Å². The maximum absolute atomic E-state index is 13.5. The number of primary amides is 1. The van der Waals surface area contributed by atoms with E-state index in [-0.39, 0.29) is 18.0 Å². The molecule has 0 heterocycles. The SMILES string of the molecule is CC(=O)Nc1ccc(F)c(NC(=O)C(N)CC(N)=O)c1. The lowest BCUT2D eigenvalue weighted by atomic mass is 10.2. The van der Waals surface area contributed by atoms with Crippen molar-refractivity contribution in [2.75, 3.05) is 10.6 Å². The van der Waals surface area contributed by atoms with Gasteiger partial charge in [0.2, 0.25) is 17.7 Å². The molecule has 0 saturated carbocycles. The molecule has 8 heteroatoms. The van der Waals surface area contributed by atoms with Crippen LogP contribution in [0.15, 0.2) is 18.2 Å². The van der Waals surface area contributed by atoms with Gasteiger partial charge in [-0.25, -0.2) is 4.39 Å². The number of hydrogen-bond donors (Lipinski definition) is 4. The number of amides is 3. The third kappa shape index (κ3) is 4.65. The number of rotatable bonds is 5. The Hall–Kier alpha value is -2.48. The van der Waals surface area contributed by atoms with Crippen molar-refractivity contribution in [1.29, 1.82) is 0 Å². The lowest BCUT2D eigenvalue weighted by molar-refractivity contribution is -0.123. The summed E-state index contributed by atoms with van der Waals surface area (Å²) in [6.45, 7) is 1.30. The van der Waals surface area contributed by atoms with Gasteiger partial charge in [0.15, 0.2) is 0 Å². The third-order valence-electron chi connectivity index (χ3n) is 2.30. The number of anilines is 2. The van der Waals surface area contributed by atoms with E-state index in [1.807, 2.05) is 0 Å². The Labute approximate surface area is 114 Å². The normalized spacial score (nSPS) is 11.6. The van der Waals surface area contributed by atoms with Crippen LogP contribution < -0.4 is 22.1 Å². The van der Waals surface area contributed by atoms with Crippen molar-refractivity contribution >= 4 is 29.1 Å². The second-order valence-electron chi connectivity index (χ2n) is 4.14. The Bertz CT molecular complexity index is 548. The Balaban J connectivity index is 2.83. The minimum absolute atomic E-state index is 0.152. The van der Waals surface area contributed by atoms with Crippen LogP contribution in [0, 0.1) is 5.82 Å². The molecular formula is C12H15FN4O3. The highest BCUT2D eigenvalue weighted by Gasteiger charge is 2.17. The second kappa shape index (κ2) is 6.62. The highest BCUT2D eigenvalue weighted by molar-refractivity contribution is 5.98. The Morgan fingerprint density at radius 3 is 2.50 bits per heavy atom. The molecule has 0 aliphatic heterocycles. The van der Waals surface area contributed by atoms with E-state index in [0.717, 1.165) is 6.07 Å². The largest absolute Gasteiger partial charge is 0.370 e. The minimum atomic E-state index is -1.17. The van der Waals surface area contributed by atoms with Crippen LogP contribution in [0.5, 0.6) is 0 Å². The molecule has 0 aliphatic carbocycles. The maximum atomic E-state index is 13.5. The first kappa shape index (κ1) is 15.6. The summed E-state index contributed by atoms with van der Waals surface area (Å²) in [5.41, 5.74) is 10.5. The van der Waals surface area contributed by atoms with Crippen molar-refractivity contribution in [2.24, 2.45) is 11.5 Å². The Morgan fingerprint density at radius 1 is 1.30 bits per heavy atom. The molecule has 108 valence electrons. The summed E-state index contributed by atoms with van der Waals surface area (Å²) in [6, 6.07) is 2.50. The van der Waals surface area contributed by atoms with Crippen molar-refractivity contribution in [3.63, 3.8) is 0 Å². The summed E-state index contributed by atoms with van der Waals surface area (Å²) in [4.78, 5) is 33.2. The Kier molecular flexibility index (Phi) is 5.15. The smallest absolute Gasteiger partial charge is 0.241 e. The fourth-order valence-electron chi connectivity index (χ4n) is 1.44. The van der Waals surface area contributed by atoms with E-state index < -0.39 is 23.7 Å². The van der Waals surface area contributed by atoms with Crippen molar-refractivity contribution in [2.45, 2.75) is 19.4 Å². The summed E-state index contributed by atoms with van der Waals surface area (Å²) in [6.07, 6.45) is -0.348. The fraction of sp³-hybridized carbons (Fsp3) is 0.250. The predicted molar refractivity (Wildman–Crippen MR) is 71.1 cm³/mol. The minimum Gasteiger partial charge on any atom is -0.370 e. The van der Waals surface area contributed by atoms with Gasteiger partial charge in [-0.15, -0.1) is 0 Å². The van der Waals surface area contributed by atoms with Crippen LogP contribution in [0.3, 0.4) is 0 Å². The summed E-state index contributed by atoms with van der Waals surface area (Å²) in [5, 5.41) is 4.68. The number of halogens is 1. The molecule has 0 aromatic heterocycles. The van der Waals surface area contributed by atoms with E-state index >= 15 is 0 Å². The van der Waals surface area contributed by atoms with Gasteiger partial charge in [0.05, 0.1) is 18.2 Å². The number of carbonyl (C=O) groups is 3. The second-order valence-corrected chi connectivity index (χ2v) is 4.14. The van der Waals surface area contributed by atoms with Crippen LogP contribution in [-0.2, 0) is 14.4 Å². The summed E-state index contributed by atoms with van der Waals surface area (Å²) >= 11 is 0. The van der Waals surface area contributed by atoms with Gasteiger partial charge in [0, 0.05) is 12.6 Å². The highest BCUT2D eigenvalue weighted by atomic mass is 19.1. The molecule has 0 saturated heterocycles. The third-order valence-corrected chi connectivity index (χ3v) is 2.30. The molecule has 20 heavy (non-hydrogen) atoms. The molecule has 1 atom stereocenters. The number of hydrogen-bond acceptors (Lipinski definition) is 4. The van der Waals surface area contributed by atoms with Gasteiger partial charge < -0.3 is 22.1 Å².